The van der Waals surface area contributed by atoms with E-state index >= 15 is 0 Å². The Balaban J connectivity index is 1.48. The Hall–Kier alpha value is -3.28. The fraction of sp³-hybridized carbons (Fsp3) is 0.100. The van der Waals surface area contributed by atoms with Crippen LogP contribution in [0.1, 0.15) is 5.56 Å². The molecule has 0 fully saturated rings. The van der Waals surface area contributed by atoms with Gasteiger partial charge in [-0.25, -0.2) is 9.67 Å². The molecule has 2 aromatic carbocycles. The zero-order valence-corrected chi connectivity index (χ0v) is 16.6. The fourth-order valence-corrected chi connectivity index (χ4v) is 3.55. The van der Waals surface area contributed by atoms with E-state index < -0.39 is 0 Å². The molecule has 0 amide bonds. The predicted molar refractivity (Wildman–Crippen MR) is 112 cm³/mol. The van der Waals surface area contributed by atoms with Crippen LogP contribution >= 0.6 is 23.4 Å². The quantitative estimate of drug-likeness (QED) is 0.288. The van der Waals surface area contributed by atoms with Crippen LogP contribution in [0.2, 0.25) is 5.02 Å². The number of nitriles is 1. The van der Waals surface area contributed by atoms with Gasteiger partial charge in [0.25, 0.3) is 5.56 Å². The maximum absolute atomic E-state index is 12.4. The van der Waals surface area contributed by atoms with Crippen molar-refractivity contribution in [3.63, 3.8) is 0 Å². The molecule has 4 aromatic rings. The molecule has 29 heavy (non-hydrogen) atoms. The third-order valence-corrected chi connectivity index (χ3v) is 5.12. The summed E-state index contributed by atoms with van der Waals surface area (Å²) in [6.07, 6.45) is 1.49. The van der Waals surface area contributed by atoms with Gasteiger partial charge in [-0.15, -0.1) is 0 Å². The van der Waals surface area contributed by atoms with Crippen LogP contribution in [0, 0.1) is 11.3 Å². The third-order valence-electron chi connectivity index (χ3n) is 4.04. The summed E-state index contributed by atoms with van der Waals surface area (Å²) in [5.74, 6) is 1.26. The van der Waals surface area contributed by atoms with Crippen LogP contribution in [-0.4, -0.2) is 32.1 Å². The van der Waals surface area contributed by atoms with Crippen molar-refractivity contribution in [3.05, 3.63) is 75.7 Å². The van der Waals surface area contributed by atoms with Crippen molar-refractivity contribution in [2.75, 3.05) is 12.4 Å². The van der Waals surface area contributed by atoms with Gasteiger partial charge < -0.3 is 9.72 Å². The summed E-state index contributed by atoms with van der Waals surface area (Å²) in [5, 5.41) is 14.6. The third kappa shape index (κ3) is 4.26. The molecule has 1 N–H and O–H groups in total. The Morgan fingerprint density at radius 2 is 2.07 bits per heavy atom. The highest BCUT2D eigenvalue weighted by atomic mass is 35.5. The molecule has 0 saturated heterocycles. The summed E-state index contributed by atoms with van der Waals surface area (Å²) >= 11 is 7.44. The van der Waals surface area contributed by atoms with Crippen molar-refractivity contribution in [1.29, 1.82) is 5.26 Å². The van der Waals surface area contributed by atoms with Gasteiger partial charge in [0, 0.05) is 10.8 Å². The second-order valence-electron chi connectivity index (χ2n) is 5.98. The molecule has 7 nitrogen and oxygen atoms in total. The van der Waals surface area contributed by atoms with Crippen molar-refractivity contribution in [3.8, 4) is 17.5 Å². The maximum atomic E-state index is 12.4. The molecule has 0 aliphatic heterocycles. The Labute approximate surface area is 174 Å². The zero-order valence-electron chi connectivity index (χ0n) is 15.0. The number of H-pyrrole nitrogens is 1. The largest absolute Gasteiger partial charge is 0.493 e. The molecule has 0 aliphatic carbocycles. The molecule has 0 aliphatic rings. The molecule has 9 heteroatoms. The van der Waals surface area contributed by atoms with Gasteiger partial charge >= 0.3 is 0 Å². The lowest BCUT2D eigenvalue weighted by Crippen LogP contribution is -2.10. The molecule has 144 valence electrons. The number of thioether (sulfide) groups is 1. The number of ether oxygens (including phenoxy) is 1. The van der Waals surface area contributed by atoms with Gasteiger partial charge in [-0.2, -0.15) is 10.4 Å². The van der Waals surface area contributed by atoms with Gasteiger partial charge in [0.05, 0.1) is 30.1 Å². The second kappa shape index (κ2) is 8.39. The van der Waals surface area contributed by atoms with E-state index in [2.05, 4.69) is 21.1 Å². The van der Waals surface area contributed by atoms with Crippen molar-refractivity contribution in [1.82, 2.24) is 19.7 Å². The van der Waals surface area contributed by atoms with Crippen molar-refractivity contribution >= 4 is 34.4 Å². The fourth-order valence-electron chi connectivity index (χ4n) is 2.69. The van der Waals surface area contributed by atoms with E-state index in [1.165, 1.54) is 18.0 Å². The minimum atomic E-state index is -0.251. The van der Waals surface area contributed by atoms with Crippen LogP contribution in [0.15, 0.2) is 64.7 Å². The molecule has 0 unspecified atom stereocenters. The number of hydrogen-bond donors (Lipinski definition) is 1. The minimum Gasteiger partial charge on any atom is -0.493 e. The van der Waals surface area contributed by atoms with Gasteiger partial charge in [-0.3, -0.25) is 4.79 Å². The first-order chi connectivity index (χ1) is 14.1. The first kappa shape index (κ1) is 19.1. The van der Waals surface area contributed by atoms with Crippen molar-refractivity contribution < 1.29 is 4.74 Å². The predicted octanol–water partition coefficient (Wildman–Crippen LogP) is 3.80. The zero-order chi connectivity index (χ0) is 20.2. The van der Waals surface area contributed by atoms with Crippen molar-refractivity contribution in [2.45, 2.75) is 5.16 Å². The average molecular weight is 424 g/mol. The second-order valence-corrected chi connectivity index (χ2v) is 7.50. The number of fused-ring (bicyclic) bond motifs is 1. The monoisotopic (exact) mass is 423 g/mol. The molecular weight excluding hydrogens is 410 g/mol. The first-order valence-corrected chi connectivity index (χ1v) is 10.00. The van der Waals surface area contributed by atoms with E-state index in [-0.39, 0.29) is 5.56 Å². The van der Waals surface area contributed by atoms with E-state index in [0.717, 1.165) is 5.69 Å². The van der Waals surface area contributed by atoms with Gasteiger partial charge in [-0.1, -0.05) is 29.4 Å². The number of hydrogen-bond acceptors (Lipinski definition) is 6. The molecule has 0 radical (unpaired) electrons. The summed E-state index contributed by atoms with van der Waals surface area (Å²) in [6.45, 7) is 0.422. The first-order valence-electron chi connectivity index (χ1n) is 8.64. The van der Waals surface area contributed by atoms with Crippen LogP contribution in [0.5, 0.6) is 5.75 Å². The molecular formula is C20H14ClN5O2S. The molecule has 0 spiro atoms. The molecule has 4 rings (SSSR count). The standard InChI is InChI=1S/C20H14ClN5O2S/c21-14-2-1-3-15(10-14)26-18-17(12-23-26)19(27)25-20(24-18)29-9-8-28-16-6-4-13(11-22)5-7-16/h1-7,10,12H,8-9H2,(H,24,25,27). The van der Waals surface area contributed by atoms with E-state index in [0.29, 0.717) is 44.9 Å². The Kier molecular flexibility index (Phi) is 5.51. The lowest BCUT2D eigenvalue weighted by molar-refractivity contribution is 0.344. The SMILES string of the molecule is N#Cc1ccc(OCCSc2nc3c(cnn3-c3cccc(Cl)c3)c(=O)[nH]2)cc1. The van der Waals surface area contributed by atoms with Gasteiger partial charge in [-0.05, 0) is 42.5 Å². The number of benzene rings is 2. The highest BCUT2D eigenvalue weighted by Gasteiger charge is 2.12. The molecule has 2 heterocycles. The normalized spacial score (nSPS) is 10.8. The van der Waals surface area contributed by atoms with Crippen LogP contribution in [0.3, 0.4) is 0 Å². The van der Waals surface area contributed by atoms with Crippen LogP contribution in [-0.2, 0) is 0 Å². The van der Waals surface area contributed by atoms with E-state index in [4.69, 9.17) is 21.6 Å². The molecule has 0 saturated carbocycles. The van der Waals surface area contributed by atoms with Gasteiger partial charge in [0.1, 0.15) is 11.1 Å². The van der Waals surface area contributed by atoms with Crippen LogP contribution in [0.25, 0.3) is 16.7 Å². The van der Waals surface area contributed by atoms with Gasteiger partial charge in [0.2, 0.25) is 0 Å². The number of halogens is 1. The number of nitrogens with one attached hydrogen (secondary N) is 1. The highest BCUT2D eigenvalue weighted by Crippen LogP contribution is 2.20. The Morgan fingerprint density at radius 3 is 2.83 bits per heavy atom. The number of aromatic amines is 1. The Bertz CT molecular complexity index is 1260. The summed E-state index contributed by atoms with van der Waals surface area (Å²) in [7, 11) is 0. The lowest BCUT2D eigenvalue weighted by Gasteiger charge is -2.06. The summed E-state index contributed by atoms with van der Waals surface area (Å²) in [6, 6.07) is 16.2. The summed E-state index contributed by atoms with van der Waals surface area (Å²) in [5.41, 5.74) is 1.52. The number of rotatable bonds is 6. The summed E-state index contributed by atoms with van der Waals surface area (Å²) < 4.78 is 7.24. The number of nitrogens with zero attached hydrogens (tertiary/aromatic N) is 4. The van der Waals surface area contributed by atoms with E-state index in [9.17, 15) is 4.79 Å². The smallest absolute Gasteiger partial charge is 0.262 e. The van der Waals surface area contributed by atoms with E-state index in [1.807, 2.05) is 12.1 Å². The van der Waals surface area contributed by atoms with E-state index in [1.54, 1.807) is 41.1 Å². The van der Waals surface area contributed by atoms with Crippen molar-refractivity contribution in [2.24, 2.45) is 0 Å². The Morgan fingerprint density at radius 1 is 1.24 bits per heavy atom. The van der Waals surface area contributed by atoms with Gasteiger partial charge in [0.15, 0.2) is 10.8 Å². The maximum Gasteiger partial charge on any atom is 0.262 e. The van der Waals surface area contributed by atoms with Crippen LogP contribution in [0.4, 0.5) is 0 Å². The number of aromatic nitrogens is 4. The molecule has 2 aromatic heterocycles. The average Bonchev–Trinajstić information content (AvgIpc) is 3.16. The summed E-state index contributed by atoms with van der Waals surface area (Å²) in [4.78, 5) is 19.7. The minimum absolute atomic E-state index is 0.251. The molecule has 0 bridgehead atoms. The van der Waals surface area contributed by atoms with Crippen LogP contribution < -0.4 is 10.3 Å². The lowest BCUT2D eigenvalue weighted by atomic mass is 10.2. The highest BCUT2D eigenvalue weighted by molar-refractivity contribution is 7.99. The molecule has 0 atom stereocenters. The topological polar surface area (TPSA) is 96.6 Å².